The fraction of sp³-hybridized carbons (Fsp3) is 1.00. The first-order valence-corrected chi connectivity index (χ1v) is 8.84. The van der Waals surface area contributed by atoms with Crippen molar-refractivity contribution >= 4 is 27.5 Å². The lowest BCUT2D eigenvalue weighted by Crippen LogP contribution is -2.54. The van der Waals surface area contributed by atoms with E-state index in [0.29, 0.717) is 17.2 Å². The van der Waals surface area contributed by atoms with Crippen molar-refractivity contribution in [2.75, 3.05) is 6.61 Å². The molecule has 0 bridgehead atoms. The van der Waals surface area contributed by atoms with Crippen LogP contribution in [0.4, 0.5) is 0 Å². The number of alkyl halides is 2. The van der Waals surface area contributed by atoms with Crippen LogP contribution < -0.4 is 0 Å². The summed E-state index contributed by atoms with van der Waals surface area (Å²) in [6, 6.07) is 0. The van der Waals surface area contributed by atoms with E-state index in [-0.39, 0.29) is 29.1 Å². The van der Waals surface area contributed by atoms with Crippen LogP contribution in [-0.4, -0.2) is 44.3 Å². The minimum Gasteiger partial charge on any atom is -0.393 e. The van der Waals surface area contributed by atoms with Crippen LogP contribution in [0.1, 0.15) is 46.0 Å². The van der Waals surface area contributed by atoms with Gasteiger partial charge in [0.1, 0.15) is 17.8 Å². The van der Waals surface area contributed by atoms with Crippen LogP contribution in [0.25, 0.3) is 0 Å². The topological polar surface area (TPSA) is 53.0 Å². The molecule has 3 rings (SSSR count). The second-order valence-electron chi connectivity index (χ2n) is 7.60. The number of hydrogen-bond donors (Lipinski definition) is 2. The van der Waals surface area contributed by atoms with Gasteiger partial charge in [-0.3, -0.25) is 0 Å². The minimum absolute atomic E-state index is 0.0947. The molecule has 3 fully saturated rings. The van der Waals surface area contributed by atoms with Crippen molar-refractivity contribution in [2.45, 2.75) is 73.5 Å². The Morgan fingerprint density at radius 1 is 1.25 bits per heavy atom. The van der Waals surface area contributed by atoms with E-state index in [2.05, 4.69) is 29.8 Å². The highest BCUT2D eigenvalue weighted by Gasteiger charge is 2.68. The predicted molar refractivity (Wildman–Crippen MR) is 82.4 cm³/mol. The maximum absolute atomic E-state index is 10.3. The van der Waals surface area contributed by atoms with E-state index in [1.54, 1.807) is 0 Å². The fourth-order valence-corrected chi connectivity index (χ4v) is 5.09. The van der Waals surface area contributed by atoms with Crippen molar-refractivity contribution in [3.63, 3.8) is 0 Å². The van der Waals surface area contributed by atoms with Gasteiger partial charge in [0.2, 0.25) is 0 Å². The summed E-state index contributed by atoms with van der Waals surface area (Å²) in [7, 11) is 0. The zero-order valence-corrected chi connectivity index (χ0v) is 14.5. The smallest absolute Gasteiger partial charge is 0.117 e. The van der Waals surface area contributed by atoms with Crippen molar-refractivity contribution in [3.8, 4) is 0 Å². The van der Waals surface area contributed by atoms with Crippen LogP contribution in [0, 0.1) is 11.3 Å². The molecular formula is C15H24BrClO3. The monoisotopic (exact) mass is 366 g/mol. The zero-order valence-electron chi connectivity index (χ0n) is 12.1. The van der Waals surface area contributed by atoms with E-state index in [1.165, 1.54) is 0 Å². The molecule has 0 amide bonds. The Hall–Kier alpha value is 0.650. The van der Waals surface area contributed by atoms with Gasteiger partial charge in [0.05, 0.1) is 11.5 Å². The molecular weight excluding hydrogens is 344 g/mol. The van der Waals surface area contributed by atoms with E-state index < -0.39 is 5.60 Å². The number of aliphatic hydroxyl groups excluding tert-OH is 1. The van der Waals surface area contributed by atoms with E-state index in [9.17, 15) is 10.2 Å². The van der Waals surface area contributed by atoms with E-state index in [1.807, 2.05) is 0 Å². The maximum atomic E-state index is 10.3. The first-order chi connectivity index (χ1) is 9.23. The summed E-state index contributed by atoms with van der Waals surface area (Å²) in [4.78, 5) is 0.177. The summed E-state index contributed by atoms with van der Waals surface area (Å²) in [5.41, 5.74) is -0.842. The van der Waals surface area contributed by atoms with Crippen LogP contribution >= 0.6 is 27.5 Å². The molecule has 5 heteroatoms. The number of rotatable bonds is 2. The normalized spacial score (nSPS) is 54.3. The Labute approximate surface area is 134 Å². The van der Waals surface area contributed by atoms with Crippen molar-refractivity contribution in [2.24, 2.45) is 11.3 Å². The van der Waals surface area contributed by atoms with Gasteiger partial charge >= 0.3 is 0 Å². The average molecular weight is 368 g/mol. The molecule has 2 aliphatic carbocycles. The van der Waals surface area contributed by atoms with E-state index in [4.69, 9.17) is 16.3 Å². The summed E-state index contributed by atoms with van der Waals surface area (Å²) >= 11 is 10.8. The largest absolute Gasteiger partial charge is 0.393 e. The summed E-state index contributed by atoms with van der Waals surface area (Å²) in [6.45, 7) is 4.34. The molecule has 0 spiro atoms. The summed E-state index contributed by atoms with van der Waals surface area (Å²) < 4.78 is 5.69. The molecule has 0 aromatic rings. The van der Waals surface area contributed by atoms with Crippen LogP contribution in [0.3, 0.4) is 0 Å². The minimum atomic E-state index is -1.08. The first-order valence-electron chi connectivity index (χ1n) is 7.55. The van der Waals surface area contributed by atoms with Gasteiger partial charge < -0.3 is 14.9 Å². The Morgan fingerprint density at radius 2 is 1.95 bits per heavy atom. The molecule has 2 saturated carbocycles. The van der Waals surface area contributed by atoms with Crippen LogP contribution in [-0.2, 0) is 4.74 Å². The van der Waals surface area contributed by atoms with E-state index >= 15 is 0 Å². The van der Waals surface area contributed by atoms with Crippen LogP contribution in [0.15, 0.2) is 0 Å². The lowest BCUT2D eigenvalue weighted by Gasteiger charge is -2.48. The van der Waals surface area contributed by atoms with Gasteiger partial charge in [-0.2, -0.15) is 0 Å². The van der Waals surface area contributed by atoms with Crippen LogP contribution in [0.5, 0.6) is 0 Å². The third-order valence-corrected chi connectivity index (χ3v) is 8.19. The number of aliphatic hydroxyl groups is 2. The van der Waals surface area contributed by atoms with Crippen molar-refractivity contribution in [1.29, 1.82) is 0 Å². The van der Waals surface area contributed by atoms with E-state index in [0.717, 1.165) is 25.7 Å². The zero-order chi connectivity index (χ0) is 14.8. The van der Waals surface area contributed by atoms with Gasteiger partial charge in [-0.15, -0.1) is 11.6 Å². The van der Waals surface area contributed by atoms with Gasteiger partial charge in [-0.05, 0) is 43.4 Å². The fourth-order valence-electron chi connectivity index (χ4n) is 4.20. The molecule has 3 nitrogen and oxygen atoms in total. The Kier molecular flexibility index (Phi) is 3.75. The highest BCUT2D eigenvalue weighted by Crippen LogP contribution is 2.59. The molecule has 1 saturated heterocycles. The number of epoxide rings is 1. The summed E-state index contributed by atoms with van der Waals surface area (Å²) in [6.07, 6.45) is 4.20. The van der Waals surface area contributed by atoms with Gasteiger partial charge in [0, 0.05) is 4.83 Å². The first kappa shape index (κ1) is 15.5. The molecule has 2 N–H and O–H groups in total. The molecule has 0 radical (unpaired) electrons. The Morgan fingerprint density at radius 3 is 2.55 bits per heavy atom. The number of fused-ring (bicyclic) bond motifs is 1. The van der Waals surface area contributed by atoms with Gasteiger partial charge in [0.15, 0.2) is 0 Å². The lowest BCUT2D eigenvalue weighted by molar-refractivity contribution is -0.0514. The second-order valence-corrected chi connectivity index (χ2v) is 9.41. The van der Waals surface area contributed by atoms with Crippen molar-refractivity contribution < 1.29 is 14.9 Å². The predicted octanol–water partition coefficient (Wildman–Crippen LogP) is 2.84. The molecule has 6 atom stereocenters. The number of ether oxygens (including phenoxy) is 1. The molecule has 1 heterocycles. The highest BCUT2D eigenvalue weighted by molar-refractivity contribution is 9.09. The second kappa shape index (κ2) is 4.82. The van der Waals surface area contributed by atoms with Crippen molar-refractivity contribution in [1.82, 2.24) is 0 Å². The third kappa shape index (κ3) is 2.26. The maximum Gasteiger partial charge on any atom is 0.117 e. The highest BCUT2D eigenvalue weighted by atomic mass is 79.9. The quantitative estimate of drug-likeness (QED) is 0.583. The SMILES string of the molecule is CC1(C)C[C@H]([C@]2(Cl)CC[C@](O)(CO)[C@H]3O[C@H]32)CC[C@@H]1Br. The standard InChI is InChI=1S/C15H24BrClO3/c1-13(2)7-9(3-4-10(13)16)15(17)6-5-14(19,8-18)11-12(15)20-11/h9-12,18-19H,3-8H2,1-2H3/t9-,10+,11+,12-,14+,15-/m1/s1. The third-order valence-electron chi connectivity index (χ3n) is 5.78. The average Bonchev–Trinajstić information content (AvgIpc) is 3.19. The Balaban J connectivity index is 1.76. The molecule has 0 aromatic heterocycles. The molecule has 116 valence electrons. The lowest BCUT2D eigenvalue weighted by atomic mass is 9.63. The van der Waals surface area contributed by atoms with Crippen molar-refractivity contribution in [3.05, 3.63) is 0 Å². The molecule has 0 aromatic carbocycles. The molecule has 3 aliphatic rings. The summed E-state index contributed by atoms with van der Waals surface area (Å²) in [5, 5.41) is 19.7. The van der Waals surface area contributed by atoms with Crippen LogP contribution in [0.2, 0.25) is 0 Å². The molecule has 20 heavy (non-hydrogen) atoms. The summed E-state index contributed by atoms with van der Waals surface area (Å²) in [5.74, 6) is 0.422. The molecule has 1 aliphatic heterocycles. The van der Waals surface area contributed by atoms with Gasteiger partial charge in [-0.25, -0.2) is 0 Å². The number of halogens is 2. The van der Waals surface area contributed by atoms with Gasteiger partial charge in [-0.1, -0.05) is 29.8 Å². The van der Waals surface area contributed by atoms with Gasteiger partial charge in [0.25, 0.3) is 0 Å². The number of hydrogen-bond acceptors (Lipinski definition) is 3. The Bertz CT molecular complexity index is 405. The molecule has 0 unspecified atom stereocenters.